The lowest BCUT2D eigenvalue weighted by Gasteiger charge is -2.20. The van der Waals surface area contributed by atoms with E-state index in [2.05, 4.69) is 10.3 Å². The number of methoxy groups -OCH3 is 1. The van der Waals surface area contributed by atoms with Gasteiger partial charge < -0.3 is 35.1 Å². The Labute approximate surface area is 222 Å². The monoisotopic (exact) mass is 525 g/mol. The van der Waals surface area contributed by atoms with Gasteiger partial charge in [0.1, 0.15) is 17.9 Å². The molecule has 1 heterocycles. The van der Waals surface area contributed by atoms with Crippen LogP contribution in [0.2, 0.25) is 0 Å². The number of rotatable bonds is 13. The molecule has 0 aliphatic carbocycles. The van der Waals surface area contributed by atoms with Gasteiger partial charge in [-0.25, -0.2) is 4.79 Å². The molecule has 38 heavy (non-hydrogen) atoms. The van der Waals surface area contributed by atoms with Gasteiger partial charge in [-0.15, -0.1) is 0 Å². The minimum atomic E-state index is -0.536. The number of ether oxygens (including phenoxy) is 4. The number of carbonyl (C=O) groups is 2. The first kappa shape index (κ1) is 28.5. The first-order valence-electron chi connectivity index (χ1n) is 12.6. The third-order valence-electron chi connectivity index (χ3n) is 5.93. The number of pyridine rings is 1. The first-order chi connectivity index (χ1) is 18.3. The molecule has 0 saturated carbocycles. The highest BCUT2D eigenvalue weighted by molar-refractivity contribution is 6.07. The molecule has 10 nitrogen and oxygen atoms in total. The Balaban J connectivity index is 1.76. The third kappa shape index (κ3) is 6.63. The second-order valence-electron chi connectivity index (χ2n) is 8.54. The van der Waals surface area contributed by atoms with Crippen LogP contribution in [0.5, 0.6) is 17.2 Å². The number of esters is 1. The Kier molecular flexibility index (Phi) is 10.1. The number of amides is 1. The summed E-state index contributed by atoms with van der Waals surface area (Å²) in [5.41, 5.74) is 8.33. The molecule has 204 valence electrons. The van der Waals surface area contributed by atoms with Gasteiger partial charge in [0.05, 0.1) is 48.6 Å². The molecule has 1 atom stereocenters. The molecule has 0 spiro atoms. The van der Waals surface area contributed by atoms with Gasteiger partial charge in [-0.3, -0.25) is 9.78 Å². The number of aliphatic hydroxyl groups is 1. The lowest BCUT2D eigenvalue weighted by atomic mass is 10.1. The largest absolute Gasteiger partial charge is 0.493 e. The minimum absolute atomic E-state index is 0.0252. The van der Waals surface area contributed by atoms with E-state index in [1.165, 1.54) is 7.11 Å². The summed E-state index contributed by atoms with van der Waals surface area (Å²) in [6.45, 7) is 6.12. The molecule has 1 amide bonds. The number of benzene rings is 2. The molecule has 10 heteroatoms. The Hall–Kier alpha value is -4.05. The van der Waals surface area contributed by atoms with Crippen molar-refractivity contribution >= 4 is 28.5 Å². The molecule has 0 unspecified atom stereocenters. The first-order valence-corrected chi connectivity index (χ1v) is 12.6. The summed E-state index contributed by atoms with van der Waals surface area (Å²) in [6, 6.07) is 9.95. The van der Waals surface area contributed by atoms with Crippen LogP contribution in [0.25, 0.3) is 10.9 Å². The minimum Gasteiger partial charge on any atom is -0.493 e. The lowest BCUT2D eigenvalue weighted by molar-refractivity contribution is 0.0526. The number of hydrogen-bond acceptors (Lipinski definition) is 9. The van der Waals surface area contributed by atoms with E-state index in [-0.39, 0.29) is 43.0 Å². The van der Waals surface area contributed by atoms with Gasteiger partial charge in [-0.1, -0.05) is 13.0 Å². The maximum absolute atomic E-state index is 13.0. The van der Waals surface area contributed by atoms with Crippen LogP contribution in [-0.2, 0) is 4.74 Å². The zero-order valence-corrected chi connectivity index (χ0v) is 22.2. The Morgan fingerprint density at radius 2 is 1.89 bits per heavy atom. The number of nitrogens with zero attached hydrogens (tertiary/aromatic N) is 1. The number of carbonyl (C=O) groups excluding carboxylic acids is 2. The van der Waals surface area contributed by atoms with Crippen molar-refractivity contribution in [3.05, 3.63) is 53.2 Å². The fourth-order valence-corrected chi connectivity index (χ4v) is 3.92. The van der Waals surface area contributed by atoms with Crippen molar-refractivity contribution in [2.45, 2.75) is 39.7 Å². The van der Waals surface area contributed by atoms with E-state index in [1.807, 2.05) is 6.92 Å². The van der Waals surface area contributed by atoms with Crippen LogP contribution in [0.3, 0.4) is 0 Å². The normalized spacial score (nSPS) is 11.6. The zero-order chi connectivity index (χ0) is 27.7. The van der Waals surface area contributed by atoms with E-state index in [0.717, 1.165) is 0 Å². The van der Waals surface area contributed by atoms with Gasteiger partial charge in [0.2, 0.25) is 0 Å². The molecule has 3 aromatic rings. The molecular weight excluding hydrogens is 490 g/mol. The Morgan fingerprint density at radius 1 is 1.11 bits per heavy atom. The molecule has 0 saturated heterocycles. The van der Waals surface area contributed by atoms with Crippen molar-refractivity contribution in [3.63, 3.8) is 0 Å². The average Bonchev–Trinajstić information content (AvgIpc) is 2.91. The summed E-state index contributed by atoms with van der Waals surface area (Å²) in [5, 5.41) is 12.4. The van der Waals surface area contributed by atoms with Gasteiger partial charge >= 0.3 is 5.97 Å². The highest BCUT2D eigenvalue weighted by Gasteiger charge is 2.21. The molecule has 0 fully saturated rings. The Bertz CT molecular complexity index is 1280. The molecule has 0 aliphatic heterocycles. The van der Waals surface area contributed by atoms with Crippen LogP contribution in [0.1, 0.15) is 53.1 Å². The number of aryl methyl sites for hydroxylation is 1. The van der Waals surface area contributed by atoms with Crippen molar-refractivity contribution in [2.24, 2.45) is 0 Å². The van der Waals surface area contributed by atoms with E-state index in [9.17, 15) is 9.59 Å². The van der Waals surface area contributed by atoms with Crippen LogP contribution in [0.15, 0.2) is 36.4 Å². The van der Waals surface area contributed by atoms with Crippen molar-refractivity contribution < 1.29 is 33.6 Å². The lowest BCUT2D eigenvalue weighted by Crippen LogP contribution is -2.38. The number of nitrogens with two attached hydrogens (primary N) is 1. The van der Waals surface area contributed by atoms with Crippen LogP contribution < -0.4 is 25.3 Å². The summed E-state index contributed by atoms with van der Waals surface area (Å²) >= 11 is 0. The number of nitrogen functional groups attached to an aromatic ring is 1. The van der Waals surface area contributed by atoms with Gasteiger partial charge in [-0.05, 0) is 50.6 Å². The number of aliphatic hydroxyl groups excluding tert-OH is 1. The number of nitrogens with one attached hydrogen (secondary N) is 1. The van der Waals surface area contributed by atoms with E-state index in [1.54, 1.807) is 50.2 Å². The molecule has 1 aromatic heterocycles. The molecule has 3 rings (SSSR count). The number of aromatic nitrogens is 1. The number of anilines is 1. The zero-order valence-electron chi connectivity index (χ0n) is 22.2. The van der Waals surface area contributed by atoms with Crippen molar-refractivity contribution in [2.75, 3.05) is 39.3 Å². The van der Waals surface area contributed by atoms with Crippen molar-refractivity contribution in [3.8, 4) is 17.2 Å². The van der Waals surface area contributed by atoms with E-state index >= 15 is 0 Å². The van der Waals surface area contributed by atoms with Gasteiger partial charge in [-0.2, -0.15) is 0 Å². The van der Waals surface area contributed by atoms with E-state index in [4.69, 9.17) is 29.8 Å². The second kappa shape index (κ2) is 13.5. The summed E-state index contributed by atoms with van der Waals surface area (Å²) < 4.78 is 22.2. The van der Waals surface area contributed by atoms with E-state index < -0.39 is 5.97 Å². The van der Waals surface area contributed by atoms with Crippen LogP contribution in [0, 0.1) is 6.92 Å². The second-order valence-corrected chi connectivity index (χ2v) is 8.54. The molecular formula is C28H35N3O7. The van der Waals surface area contributed by atoms with Crippen molar-refractivity contribution in [1.82, 2.24) is 10.3 Å². The highest BCUT2D eigenvalue weighted by atomic mass is 16.5. The Morgan fingerprint density at radius 3 is 2.58 bits per heavy atom. The fourth-order valence-electron chi connectivity index (χ4n) is 3.92. The standard InChI is InChI=1S/C28H35N3O7/c1-5-19(31-27(33)18-11-12-21(23(15-18)35-4)37-14-8-13-32)16-38-22-10-7-9-20-25(22)26(29)24(17(3)30-20)28(34)36-6-2/h7,9-12,15,19,32H,5-6,8,13-14,16H2,1-4H3,(H2,29,30)(H,31,33)/t19-/m0/s1. The average molecular weight is 526 g/mol. The molecule has 2 aromatic carbocycles. The predicted molar refractivity (Wildman–Crippen MR) is 144 cm³/mol. The smallest absolute Gasteiger partial charge is 0.342 e. The summed E-state index contributed by atoms with van der Waals surface area (Å²) in [7, 11) is 1.50. The van der Waals surface area contributed by atoms with Gasteiger partial charge in [0, 0.05) is 18.6 Å². The molecule has 0 aliphatic rings. The third-order valence-corrected chi connectivity index (χ3v) is 5.93. The maximum Gasteiger partial charge on any atom is 0.342 e. The van der Waals surface area contributed by atoms with Gasteiger partial charge in [0.15, 0.2) is 11.5 Å². The fraction of sp³-hybridized carbons (Fsp3) is 0.393. The van der Waals surface area contributed by atoms with Crippen molar-refractivity contribution in [1.29, 1.82) is 0 Å². The number of fused-ring (bicyclic) bond motifs is 1. The number of hydrogen-bond donors (Lipinski definition) is 3. The van der Waals surface area contributed by atoms with Gasteiger partial charge in [0.25, 0.3) is 5.91 Å². The highest BCUT2D eigenvalue weighted by Crippen LogP contribution is 2.34. The summed E-state index contributed by atoms with van der Waals surface area (Å²) in [6.07, 6.45) is 1.10. The topological polar surface area (TPSA) is 142 Å². The quantitative estimate of drug-likeness (QED) is 0.225. The van der Waals surface area contributed by atoms with E-state index in [0.29, 0.717) is 58.9 Å². The molecule has 4 N–H and O–H groups in total. The molecule has 0 radical (unpaired) electrons. The van der Waals surface area contributed by atoms with Crippen LogP contribution in [0.4, 0.5) is 5.69 Å². The van der Waals surface area contributed by atoms with Crippen LogP contribution in [-0.4, -0.2) is 61.5 Å². The summed E-state index contributed by atoms with van der Waals surface area (Å²) in [4.78, 5) is 30.0. The molecule has 0 bridgehead atoms. The SMILES string of the molecule is CCOC(=O)c1c(C)nc2cccc(OC[C@H](CC)NC(=O)c3ccc(OCCCO)c(OC)c3)c2c1N. The summed E-state index contributed by atoms with van der Waals surface area (Å²) in [5.74, 6) is 0.543. The van der Waals surface area contributed by atoms with Crippen LogP contribution >= 0.6 is 0 Å². The maximum atomic E-state index is 13.0. The predicted octanol–water partition coefficient (Wildman–Crippen LogP) is 3.66.